The zero-order valence-corrected chi connectivity index (χ0v) is 10.8. The number of aromatic hydroxyl groups is 4. The van der Waals surface area contributed by atoms with Crippen molar-refractivity contribution in [1.29, 1.82) is 0 Å². The lowest BCUT2D eigenvalue weighted by atomic mass is 9.85. The molecule has 0 radical (unpaired) electrons. The third kappa shape index (κ3) is 2.16. The normalized spacial score (nSPS) is 12.7. The summed E-state index contributed by atoms with van der Waals surface area (Å²) in [6.45, 7) is 4.48. The highest BCUT2D eigenvalue weighted by Crippen LogP contribution is 2.52. The second-order valence-electron chi connectivity index (χ2n) is 4.82. The van der Waals surface area contributed by atoms with E-state index in [2.05, 4.69) is 0 Å². The van der Waals surface area contributed by atoms with Crippen LogP contribution in [-0.4, -0.2) is 33.4 Å². The Morgan fingerprint density at radius 2 is 1.22 bits per heavy atom. The number of hydrogen-bond donors (Lipinski definition) is 5. The van der Waals surface area contributed by atoms with Crippen molar-refractivity contribution in [3.63, 3.8) is 0 Å². The Kier molecular flexibility index (Phi) is 3.14. The summed E-state index contributed by atoms with van der Waals surface area (Å²) < 4.78 is 31.5. The van der Waals surface area contributed by atoms with Gasteiger partial charge in [0.2, 0.25) is 11.5 Å². The van der Waals surface area contributed by atoms with Crippen LogP contribution in [-0.2, 0) is 15.5 Å². The molecule has 0 fully saturated rings. The maximum absolute atomic E-state index is 11.2. The second kappa shape index (κ2) is 3.92. The molecule has 0 spiro atoms. The van der Waals surface area contributed by atoms with Gasteiger partial charge in [-0.05, 0) is 5.41 Å². The van der Waals surface area contributed by atoms with E-state index in [9.17, 15) is 28.8 Å². The van der Waals surface area contributed by atoms with E-state index < -0.39 is 49.0 Å². The summed E-state index contributed by atoms with van der Waals surface area (Å²) >= 11 is 0. The minimum absolute atomic E-state index is 0.391. The lowest BCUT2D eigenvalue weighted by Crippen LogP contribution is -2.17. The van der Waals surface area contributed by atoms with E-state index in [0.717, 1.165) is 0 Å². The molecule has 0 aliphatic rings. The number of phenols is 4. The Morgan fingerprint density at radius 1 is 0.833 bits per heavy atom. The molecule has 0 amide bonds. The molecular formula is C10H14O7S. The van der Waals surface area contributed by atoms with Crippen LogP contribution in [0.5, 0.6) is 23.0 Å². The van der Waals surface area contributed by atoms with Crippen LogP contribution in [0.3, 0.4) is 0 Å². The third-order valence-electron chi connectivity index (χ3n) is 2.36. The van der Waals surface area contributed by atoms with Gasteiger partial charge in [-0.15, -0.1) is 0 Å². The number of phenolic OH excluding ortho intramolecular Hbond substituents is 4. The van der Waals surface area contributed by atoms with E-state index in [-0.39, 0.29) is 0 Å². The minimum Gasteiger partial charge on any atom is -0.504 e. The molecule has 7 nitrogen and oxygen atoms in total. The molecule has 18 heavy (non-hydrogen) atoms. The first-order valence-corrected chi connectivity index (χ1v) is 6.30. The Hall–Kier alpha value is -1.67. The maximum Gasteiger partial charge on any atom is 0.298 e. The van der Waals surface area contributed by atoms with E-state index in [4.69, 9.17) is 4.55 Å². The summed E-state index contributed by atoms with van der Waals surface area (Å²) in [4.78, 5) is -1.03. The van der Waals surface area contributed by atoms with Gasteiger partial charge in [-0.25, -0.2) is 0 Å². The summed E-state index contributed by atoms with van der Waals surface area (Å²) in [5.41, 5.74) is -1.41. The van der Waals surface area contributed by atoms with Crippen molar-refractivity contribution >= 4 is 10.1 Å². The van der Waals surface area contributed by atoms with Crippen molar-refractivity contribution < 1.29 is 33.4 Å². The third-order valence-corrected chi connectivity index (χ3v) is 3.27. The summed E-state index contributed by atoms with van der Waals surface area (Å²) in [7, 11) is -4.89. The zero-order chi connectivity index (χ0) is 14.5. The fourth-order valence-corrected chi connectivity index (χ4v) is 2.62. The predicted octanol–water partition coefficient (Wildman–Crippen LogP) is 1.05. The van der Waals surface area contributed by atoms with E-state index >= 15 is 0 Å². The van der Waals surface area contributed by atoms with Gasteiger partial charge in [-0.3, -0.25) is 4.55 Å². The molecule has 102 valence electrons. The van der Waals surface area contributed by atoms with Crippen molar-refractivity contribution in [2.24, 2.45) is 0 Å². The highest BCUT2D eigenvalue weighted by atomic mass is 32.2. The molecule has 0 aliphatic carbocycles. The van der Waals surface area contributed by atoms with Gasteiger partial charge in [-0.1, -0.05) is 20.8 Å². The summed E-state index contributed by atoms with van der Waals surface area (Å²) in [5, 5.41) is 37.9. The van der Waals surface area contributed by atoms with Gasteiger partial charge in [0, 0.05) is 5.56 Å². The summed E-state index contributed by atoms with van der Waals surface area (Å²) in [5.74, 6) is -4.39. The number of hydrogen-bond acceptors (Lipinski definition) is 6. The topological polar surface area (TPSA) is 135 Å². The Morgan fingerprint density at radius 3 is 1.56 bits per heavy atom. The average Bonchev–Trinajstić information content (AvgIpc) is 2.16. The van der Waals surface area contributed by atoms with Crippen LogP contribution in [0.2, 0.25) is 0 Å². The second-order valence-corrected chi connectivity index (χ2v) is 6.18. The van der Waals surface area contributed by atoms with Gasteiger partial charge in [0.1, 0.15) is 4.90 Å². The van der Waals surface area contributed by atoms with Crippen molar-refractivity contribution in [3.05, 3.63) is 5.56 Å². The Bertz CT molecular complexity index is 596. The van der Waals surface area contributed by atoms with Crippen LogP contribution in [0, 0.1) is 0 Å². The van der Waals surface area contributed by atoms with Gasteiger partial charge >= 0.3 is 0 Å². The molecule has 0 heterocycles. The van der Waals surface area contributed by atoms with E-state index in [1.165, 1.54) is 20.8 Å². The molecule has 0 unspecified atom stereocenters. The van der Waals surface area contributed by atoms with Gasteiger partial charge < -0.3 is 20.4 Å². The average molecular weight is 278 g/mol. The quantitative estimate of drug-likeness (QED) is 0.294. The zero-order valence-electron chi connectivity index (χ0n) is 9.96. The first-order chi connectivity index (χ1) is 7.89. The molecule has 1 rings (SSSR count). The molecule has 0 aliphatic heterocycles. The minimum atomic E-state index is -4.89. The van der Waals surface area contributed by atoms with E-state index in [1.807, 2.05) is 0 Å². The van der Waals surface area contributed by atoms with Crippen molar-refractivity contribution in [3.8, 4) is 23.0 Å². The monoisotopic (exact) mass is 278 g/mol. The summed E-state index contributed by atoms with van der Waals surface area (Å²) in [6.07, 6.45) is 0. The number of benzene rings is 1. The molecule has 0 bridgehead atoms. The van der Waals surface area contributed by atoms with Crippen molar-refractivity contribution in [2.75, 3.05) is 0 Å². The molecule has 1 aromatic carbocycles. The van der Waals surface area contributed by atoms with Gasteiger partial charge in [0.25, 0.3) is 10.1 Å². The molecule has 8 heteroatoms. The van der Waals surface area contributed by atoms with E-state index in [0.29, 0.717) is 0 Å². The lowest BCUT2D eigenvalue weighted by molar-refractivity contribution is 0.327. The fraction of sp³-hybridized carbons (Fsp3) is 0.400. The molecule has 0 aromatic heterocycles. The highest BCUT2D eigenvalue weighted by molar-refractivity contribution is 7.86. The molecule has 1 aromatic rings. The molecule has 0 atom stereocenters. The lowest BCUT2D eigenvalue weighted by Gasteiger charge is -2.24. The first kappa shape index (κ1) is 14.4. The molecule has 5 N–H and O–H groups in total. The van der Waals surface area contributed by atoms with Gasteiger partial charge in [-0.2, -0.15) is 8.42 Å². The van der Waals surface area contributed by atoms with Crippen LogP contribution in [0.25, 0.3) is 0 Å². The van der Waals surface area contributed by atoms with Crippen molar-refractivity contribution in [2.45, 2.75) is 31.1 Å². The summed E-state index contributed by atoms with van der Waals surface area (Å²) in [6, 6.07) is 0. The van der Waals surface area contributed by atoms with Crippen LogP contribution in [0.1, 0.15) is 26.3 Å². The fourth-order valence-electron chi connectivity index (χ4n) is 1.62. The smallest absolute Gasteiger partial charge is 0.298 e. The van der Waals surface area contributed by atoms with Crippen LogP contribution in [0.15, 0.2) is 4.90 Å². The molecule has 0 saturated carbocycles. The predicted molar refractivity (Wildman–Crippen MR) is 61.6 cm³/mol. The standard InChI is InChI=1S/C10H14O7S/c1-10(2,3)4-5(11)6(12)7(13)8(14)9(4)18(15,16)17/h11-14H,1-3H3,(H,15,16,17). The van der Waals surface area contributed by atoms with Gasteiger partial charge in [0.15, 0.2) is 11.5 Å². The van der Waals surface area contributed by atoms with E-state index in [1.54, 1.807) is 0 Å². The SMILES string of the molecule is CC(C)(C)c1c(O)c(O)c(O)c(O)c1S(=O)(=O)O. The molecule has 0 saturated heterocycles. The van der Waals surface area contributed by atoms with Crippen LogP contribution < -0.4 is 0 Å². The van der Waals surface area contributed by atoms with Crippen LogP contribution in [0.4, 0.5) is 0 Å². The molecular weight excluding hydrogens is 264 g/mol. The number of rotatable bonds is 1. The van der Waals surface area contributed by atoms with Gasteiger partial charge in [0.05, 0.1) is 0 Å². The largest absolute Gasteiger partial charge is 0.504 e. The van der Waals surface area contributed by atoms with Crippen LogP contribution >= 0.6 is 0 Å². The first-order valence-electron chi connectivity index (χ1n) is 4.86. The Labute approximate surface area is 104 Å². The highest BCUT2D eigenvalue weighted by Gasteiger charge is 2.35. The Balaban J connectivity index is 4.02. The maximum atomic E-state index is 11.2. The van der Waals surface area contributed by atoms with Crippen molar-refractivity contribution in [1.82, 2.24) is 0 Å².